The van der Waals surface area contributed by atoms with E-state index in [1.807, 2.05) is 48.5 Å². The standard InChI is InChI=1S/C25H20ClN3O4S/c26-17-5-4-8-19(12-17)29-23(30)13-22(24(29)31)34-25(28-18-6-2-1-3-7-18)27-14-16-9-10-20-21(11-16)33-15-32-20/h1-12,22H,13-15H2,(H,27,28)/t22-/m1/s1. The van der Waals surface area contributed by atoms with Crippen LogP contribution in [0, 0.1) is 0 Å². The molecule has 0 unspecified atom stereocenters. The van der Waals surface area contributed by atoms with Crippen molar-refractivity contribution in [3.8, 4) is 11.5 Å². The molecule has 1 fully saturated rings. The maximum Gasteiger partial charge on any atom is 0.247 e. The number of thioether (sulfide) groups is 1. The van der Waals surface area contributed by atoms with Crippen LogP contribution in [0.1, 0.15) is 12.0 Å². The summed E-state index contributed by atoms with van der Waals surface area (Å²) in [5.41, 5.74) is 2.25. The number of halogens is 1. The summed E-state index contributed by atoms with van der Waals surface area (Å²) in [5, 5.41) is 3.69. The van der Waals surface area contributed by atoms with Gasteiger partial charge < -0.3 is 14.8 Å². The lowest BCUT2D eigenvalue weighted by atomic mass is 10.2. The van der Waals surface area contributed by atoms with E-state index < -0.39 is 5.25 Å². The molecule has 1 saturated heterocycles. The average Bonchev–Trinajstić information content (AvgIpc) is 3.41. The van der Waals surface area contributed by atoms with Gasteiger partial charge in [-0.2, -0.15) is 0 Å². The molecule has 0 radical (unpaired) electrons. The summed E-state index contributed by atoms with van der Waals surface area (Å²) in [5.74, 6) is 0.843. The van der Waals surface area contributed by atoms with Crippen molar-refractivity contribution >= 4 is 51.7 Å². The Balaban J connectivity index is 1.36. The van der Waals surface area contributed by atoms with Crippen molar-refractivity contribution in [3.63, 3.8) is 0 Å². The number of benzene rings is 3. The van der Waals surface area contributed by atoms with Gasteiger partial charge >= 0.3 is 0 Å². The predicted molar refractivity (Wildman–Crippen MR) is 134 cm³/mol. The second-order valence-electron chi connectivity index (χ2n) is 7.66. The molecule has 2 heterocycles. The molecule has 3 aromatic carbocycles. The van der Waals surface area contributed by atoms with Crippen molar-refractivity contribution in [1.29, 1.82) is 0 Å². The van der Waals surface area contributed by atoms with Crippen LogP contribution in [0.15, 0.2) is 77.8 Å². The Morgan fingerprint density at radius 3 is 2.68 bits per heavy atom. The van der Waals surface area contributed by atoms with Gasteiger partial charge in [0.1, 0.15) is 5.25 Å². The second-order valence-corrected chi connectivity index (χ2v) is 9.29. The maximum absolute atomic E-state index is 13.1. The molecular weight excluding hydrogens is 474 g/mol. The number of rotatable bonds is 5. The molecule has 0 aromatic heterocycles. The number of para-hydroxylation sites is 1. The van der Waals surface area contributed by atoms with Gasteiger partial charge in [-0.25, -0.2) is 4.90 Å². The monoisotopic (exact) mass is 493 g/mol. The SMILES string of the molecule is O=C1C[C@@H](SC(=NCc2ccc3c(c2)OCO3)Nc2ccccc2)C(=O)N1c1cccc(Cl)c1. The number of hydrogen-bond donors (Lipinski definition) is 1. The number of ether oxygens (including phenoxy) is 2. The van der Waals surface area contributed by atoms with Gasteiger partial charge in [-0.15, -0.1) is 0 Å². The number of hydrogen-bond acceptors (Lipinski definition) is 6. The van der Waals surface area contributed by atoms with Crippen LogP contribution in [0.4, 0.5) is 11.4 Å². The van der Waals surface area contributed by atoms with Gasteiger partial charge in [0.15, 0.2) is 16.7 Å². The average molecular weight is 494 g/mol. The third kappa shape index (κ3) is 4.88. The highest BCUT2D eigenvalue weighted by Crippen LogP contribution is 2.34. The first-order valence-electron chi connectivity index (χ1n) is 10.6. The van der Waals surface area contributed by atoms with Crippen molar-refractivity contribution in [3.05, 3.63) is 83.4 Å². The van der Waals surface area contributed by atoms with Gasteiger partial charge in [0.25, 0.3) is 0 Å². The van der Waals surface area contributed by atoms with Gasteiger partial charge in [0, 0.05) is 17.1 Å². The second kappa shape index (κ2) is 9.79. The molecule has 1 N–H and O–H groups in total. The van der Waals surface area contributed by atoms with Gasteiger partial charge in [-0.3, -0.25) is 14.6 Å². The predicted octanol–water partition coefficient (Wildman–Crippen LogP) is 5.10. The van der Waals surface area contributed by atoms with E-state index in [0.717, 1.165) is 11.3 Å². The van der Waals surface area contributed by atoms with Crippen LogP contribution in [0.5, 0.6) is 11.5 Å². The highest BCUT2D eigenvalue weighted by atomic mass is 35.5. The molecule has 9 heteroatoms. The lowest BCUT2D eigenvalue weighted by molar-refractivity contribution is -0.121. The van der Waals surface area contributed by atoms with Crippen LogP contribution < -0.4 is 19.7 Å². The number of amides is 2. The van der Waals surface area contributed by atoms with Crippen LogP contribution >= 0.6 is 23.4 Å². The van der Waals surface area contributed by atoms with Crippen molar-refractivity contribution < 1.29 is 19.1 Å². The fourth-order valence-corrected chi connectivity index (χ4v) is 4.87. The molecule has 0 saturated carbocycles. The molecule has 2 aliphatic rings. The minimum absolute atomic E-state index is 0.0789. The smallest absolute Gasteiger partial charge is 0.247 e. The fraction of sp³-hybridized carbons (Fsp3) is 0.160. The first-order chi connectivity index (χ1) is 16.6. The third-order valence-corrected chi connectivity index (χ3v) is 6.64. The topological polar surface area (TPSA) is 80.2 Å². The van der Waals surface area contributed by atoms with Crippen LogP contribution in [0.2, 0.25) is 5.02 Å². The third-order valence-electron chi connectivity index (χ3n) is 5.29. The molecule has 7 nitrogen and oxygen atoms in total. The zero-order valence-corrected chi connectivity index (χ0v) is 19.5. The Morgan fingerprint density at radius 2 is 1.85 bits per heavy atom. The van der Waals surface area contributed by atoms with Gasteiger partial charge in [-0.1, -0.05) is 53.7 Å². The number of nitrogens with zero attached hydrogens (tertiary/aromatic N) is 2. The van der Waals surface area contributed by atoms with E-state index in [4.69, 9.17) is 26.1 Å². The number of carbonyl (C=O) groups is 2. The zero-order chi connectivity index (χ0) is 23.5. The van der Waals surface area contributed by atoms with E-state index >= 15 is 0 Å². The molecule has 5 rings (SSSR count). The fourth-order valence-electron chi connectivity index (χ4n) is 3.67. The molecule has 0 bridgehead atoms. The van der Waals surface area contributed by atoms with E-state index in [2.05, 4.69) is 5.32 Å². The van der Waals surface area contributed by atoms with E-state index in [1.54, 1.807) is 24.3 Å². The summed E-state index contributed by atoms with van der Waals surface area (Å²) in [6.45, 7) is 0.575. The van der Waals surface area contributed by atoms with Crippen molar-refractivity contribution in [2.75, 3.05) is 17.0 Å². The van der Waals surface area contributed by atoms with Crippen LogP contribution in [-0.2, 0) is 16.1 Å². The zero-order valence-electron chi connectivity index (χ0n) is 17.9. The summed E-state index contributed by atoms with van der Waals surface area (Å²) in [6, 6.07) is 22.0. The number of anilines is 2. The number of imide groups is 1. The molecular formula is C25H20ClN3O4S. The minimum atomic E-state index is -0.599. The van der Waals surface area contributed by atoms with Crippen LogP contribution in [-0.4, -0.2) is 29.0 Å². The van der Waals surface area contributed by atoms with Gasteiger partial charge in [-0.05, 0) is 48.0 Å². The summed E-state index contributed by atoms with van der Waals surface area (Å²) in [4.78, 5) is 31.8. The number of carbonyl (C=O) groups excluding carboxylic acids is 2. The Kier molecular flexibility index (Phi) is 6.42. The first-order valence-corrected chi connectivity index (χ1v) is 11.9. The number of fused-ring (bicyclic) bond motifs is 1. The van der Waals surface area contributed by atoms with E-state index in [1.165, 1.54) is 16.7 Å². The molecule has 2 amide bonds. The van der Waals surface area contributed by atoms with Gasteiger partial charge in [0.2, 0.25) is 18.6 Å². The van der Waals surface area contributed by atoms with Crippen LogP contribution in [0.25, 0.3) is 0 Å². The first kappa shape index (κ1) is 22.3. The molecule has 34 heavy (non-hydrogen) atoms. The summed E-state index contributed by atoms with van der Waals surface area (Å²) < 4.78 is 10.8. The van der Waals surface area contributed by atoms with Crippen molar-refractivity contribution in [1.82, 2.24) is 0 Å². The van der Waals surface area contributed by atoms with Gasteiger partial charge in [0.05, 0.1) is 12.2 Å². The largest absolute Gasteiger partial charge is 0.454 e. The van der Waals surface area contributed by atoms with E-state index in [9.17, 15) is 9.59 Å². The Morgan fingerprint density at radius 1 is 1.03 bits per heavy atom. The molecule has 0 aliphatic carbocycles. The maximum atomic E-state index is 13.1. The van der Waals surface area contributed by atoms with E-state index in [0.29, 0.717) is 33.9 Å². The highest BCUT2D eigenvalue weighted by Gasteiger charge is 2.41. The summed E-state index contributed by atoms with van der Waals surface area (Å²) in [7, 11) is 0. The lowest BCUT2D eigenvalue weighted by Crippen LogP contribution is -2.31. The number of amidine groups is 1. The van der Waals surface area contributed by atoms with E-state index in [-0.39, 0.29) is 25.0 Å². The Labute approximate surface area is 205 Å². The number of nitrogens with one attached hydrogen (secondary N) is 1. The quantitative estimate of drug-likeness (QED) is 0.302. The summed E-state index contributed by atoms with van der Waals surface area (Å²) in [6.07, 6.45) is 0.0789. The minimum Gasteiger partial charge on any atom is -0.454 e. The Hall–Kier alpha value is -3.49. The van der Waals surface area contributed by atoms with Crippen molar-refractivity contribution in [2.24, 2.45) is 4.99 Å². The highest BCUT2D eigenvalue weighted by molar-refractivity contribution is 8.15. The molecule has 2 aliphatic heterocycles. The molecule has 3 aromatic rings. The summed E-state index contributed by atoms with van der Waals surface area (Å²) >= 11 is 7.31. The van der Waals surface area contributed by atoms with Crippen LogP contribution in [0.3, 0.4) is 0 Å². The number of aliphatic imine (C=N–C) groups is 1. The Bertz CT molecular complexity index is 1270. The molecule has 1 atom stereocenters. The molecule has 172 valence electrons. The lowest BCUT2D eigenvalue weighted by Gasteiger charge is -2.16. The molecule has 0 spiro atoms. The normalized spacial score (nSPS) is 17.4. The van der Waals surface area contributed by atoms with Crippen molar-refractivity contribution in [2.45, 2.75) is 18.2 Å².